The molecule has 7 nitrogen and oxygen atoms in total. The first-order valence-electron chi connectivity index (χ1n) is 9.89. The molecule has 2 heterocycles. The highest BCUT2D eigenvalue weighted by Gasteiger charge is 2.28. The minimum Gasteiger partial charge on any atom is -0.497 e. The molecular formula is C22H26N4O3. The number of methoxy groups -OCH3 is 1. The molecule has 29 heavy (non-hydrogen) atoms. The summed E-state index contributed by atoms with van der Waals surface area (Å²) in [5.74, 6) is 3.06. The standard InChI is InChI=1S/C22H26N4O3/c1-15(2)23-22(27)26-12-10-25(11-13-26)21-17-14-16(28-3)8-9-19(17)29-20-7-5-4-6-18(20)24-21/h4-9,14-15H,10-13H2,1-3H3,(H,23,27). The van der Waals surface area contributed by atoms with Gasteiger partial charge in [0.25, 0.3) is 0 Å². The Morgan fingerprint density at radius 2 is 1.86 bits per heavy atom. The van der Waals surface area contributed by atoms with E-state index in [0.717, 1.165) is 34.3 Å². The van der Waals surface area contributed by atoms with Gasteiger partial charge in [0.2, 0.25) is 0 Å². The van der Waals surface area contributed by atoms with E-state index in [-0.39, 0.29) is 12.1 Å². The van der Waals surface area contributed by atoms with Crippen molar-refractivity contribution >= 4 is 17.6 Å². The smallest absolute Gasteiger partial charge is 0.317 e. The second-order valence-electron chi connectivity index (χ2n) is 7.45. The summed E-state index contributed by atoms with van der Waals surface area (Å²) in [5, 5.41) is 2.96. The molecule has 1 saturated heterocycles. The zero-order valence-electron chi connectivity index (χ0n) is 17.0. The van der Waals surface area contributed by atoms with E-state index in [9.17, 15) is 4.79 Å². The highest BCUT2D eigenvalue weighted by atomic mass is 16.5. The molecule has 0 bridgehead atoms. The number of hydrogen-bond acceptors (Lipinski definition) is 5. The summed E-state index contributed by atoms with van der Waals surface area (Å²) < 4.78 is 11.6. The zero-order chi connectivity index (χ0) is 20.4. The third kappa shape index (κ3) is 3.99. The third-order valence-electron chi connectivity index (χ3n) is 5.02. The number of carbonyl (C=O) groups is 1. The molecule has 0 saturated carbocycles. The van der Waals surface area contributed by atoms with Gasteiger partial charge in [0.05, 0.1) is 12.7 Å². The van der Waals surface area contributed by atoms with Crippen molar-refractivity contribution in [3.05, 3.63) is 48.0 Å². The van der Waals surface area contributed by atoms with Crippen molar-refractivity contribution in [3.63, 3.8) is 0 Å². The molecule has 0 aliphatic carbocycles. The maximum Gasteiger partial charge on any atom is 0.317 e. The molecule has 2 aromatic carbocycles. The first kappa shape index (κ1) is 19.1. The molecule has 1 fully saturated rings. The summed E-state index contributed by atoms with van der Waals surface area (Å²) >= 11 is 0. The highest BCUT2D eigenvalue weighted by Crippen LogP contribution is 2.39. The van der Waals surface area contributed by atoms with Crippen LogP contribution in [0.15, 0.2) is 47.5 Å². The number of amidine groups is 1. The lowest BCUT2D eigenvalue weighted by Crippen LogP contribution is -2.54. The lowest BCUT2D eigenvalue weighted by atomic mass is 10.1. The van der Waals surface area contributed by atoms with Gasteiger partial charge in [-0.3, -0.25) is 0 Å². The molecule has 1 N–H and O–H groups in total. The molecular weight excluding hydrogens is 368 g/mol. The van der Waals surface area contributed by atoms with Gasteiger partial charge in [0, 0.05) is 32.2 Å². The quantitative estimate of drug-likeness (QED) is 0.845. The van der Waals surface area contributed by atoms with Gasteiger partial charge in [-0.05, 0) is 44.2 Å². The summed E-state index contributed by atoms with van der Waals surface area (Å²) in [6.07, 6.45) is 0. The van der Waals surface area contributed by atoms with Crippen LogP contribution in [0.5, 0.6) is 17.2 Å². The van der Waals surface area contributed by atoms with Gasteiger partial charge in [-0.15, -0.1) is 0 Å². The van der Waals surface area contributed by atoms with Crippen LogP contribution in [-0.4, -0.2) is 61.0 Å². The topological polar surface area (TPSA) is 66.4 Å². The summed E-state index contributed by atoms with van der Waals surface area (Å²) in [6, 6.07) is 13.6. The molecule has 2 aromatic rings. The predicted octanol–water partition coefficient (Wildman–Crippen LogP) is 3.61. The molecule has 152 valence electrons. The van der Waals surface area contributed by atoms with Crippen molar-refractivity contribution in [2.24, 2.45) is 4.99 Å². The van der Waals surface area contributed by atoms with E-state index in [1.807, 2.05) is 61.2 Å². The van der Waals surface area contributed by atoms with E-state index < -0.39 is 0 Å². The Labute approximate surface area is 170 Å². The molecule has 0 aromatic heterocycles. The van der Waals surface area contributed by atoms with Crippen molar-refractivity contribution in [2.75, 3.05) is 33.3 Å². The normalized spacial score (nSPS) is 15.7. The van der Waals surface area contributed by atoms with E-state index in [1.54, 1.807) is 7.11 Å². The number of piperazine rings is 1. The molecule has 0 radical (unpaired) electrons. The first-order chi connectivity index (χ1) is 14.0. The van der Waals surface area contributed by atoms with Gasteiger partial charge in [0.15, 0.2) is 5.75 Å². The molecule has 2 aliphatic heterocycles. The maximum atomic E-state index is 12.3. The van der Waals surface area contributed by atoms with E-state index >= 15 is 0 Å². The summed E-state index contributed by atoms with van der Waals surface area (Å²) in [5.41, 5.74) is 1.68. The van der Waals surface area contributed by atoms with Gasteiger partial charge in [-0.2, -0.15) is 0 Å². The van der Waals surface area contributed by atoms with Crippen LogP contribution in [0, 0.1) is 0 Å². The van der Waals surface area contributed by atoms with Gasteiger partial charge < -0.3 is 24.6 Å². The van der Waals surface area contributed by atoms with Crippen LogP contribution in [0.4, 0.5) is 10.5 Å². The largest absolute Gasteiger partial charge is 0.497 e. The molecule has 4 rings (SSSR count). The van der Waals surface area contributed by atoms with Crippen LogP contribution >= 0.6 is 0 Å². The van der Waals surface area contributed by atoms with E-state index in [4.69, 9.17) is 14.5 Å². The minimum atomic E-state index is -0.0156. The maximum absolute atomic E-state index is 12.3. The average Bonchev–Trinajstić information content (AvgIpc) is 2.89. The number of carbonyl (C=O) groups excluding carboxylic acids is 1. The SMILES string of the molecule is COc1ccc2c(c1)C(N1CCN(C(=O)NC(C)C)CC1)=Nc1ccccc1O2. The van der Waals surface area contributed by atoms with E-state index in [0.29, 0.717) is 26.2 Å². The van der Waals surface area contributed by atoms with Gasteiger partial charge in [-0.25, -0.2) is 9.79 Å². The highest BCUT2D eigenvalue weighted by molar-refractivity contribution is 6.04. The van der Waals surface area contributed by atoms with Crippen LogP contribution in [-0.2, 0) is 0 Å². The molecule has 0 atom stereocenters. The molecule has 7 heteroatoms. The number of urea groups is 1. The molecule has 2 amide bonds. The van der Waals surface area contributed by atoms with E-state index in [2.05, 4.69) is 10.2 Å². The fourth-order valence-electron chi connectivity index (χ4n) is 3.53. The van der Waals surface area contributed by atoms with Crippen molar-refractivity contribution in [1.29, 1.82) is 0 Å². The third-order valence-corrected chi connectivity index (χ3v) is 5.02. The van der Waals surface area contributed by atoms with Crippen LogP contribution < -0.4 is 14.8 Å². The number of amides is 2. The van der Waals surface area contributed by atoms with Gasteiger partial charge in [0.1, 0.15) is 23.0 Å². The fraction of sp³-hybridized carbons (Fsp3) is 0.364. The number of hydrogen-bond donors (Lipinski definition) is 1. The molecule has 0 spiro atoms. The minimum absolute atomic E-state index is 0.0156. The Bertz CT molecular complexity index is 933. The Morgan fingerprint density at radius 3 is 2.59 bits per heavy atom. The van der Waals surface area contributed by atoms with Crippen LogP contribution in [0.25, 0.3) is 0 Å². The number of aliphatic imine (C=N–C) groups is 1. The fourth-order valence-corrected chi connectivity index (χ4v) is 3.53. The number of rotatable bonds is 2. The second-order valence-corrected chi connectivity index (χ2v) is 7.45. The number of benzene rings is 2. The molecule has 0 unspecified atom stereocenters. The number of nitrogens with one attached hydrogen (secondary N) is 1. The summed E-state index contributed by atoms with van der Waals surface area (Å²) in [6.45, 7) is 6.61. The number of para-hydroxylation sites is 2. The Hall–Kier alpha value is -3.22. The Balaban J connectivity index is 1.64. The van der Waals surface area contributed by atoms with Crippen molar-refractivity contribution in [1.82, 2.24) is 15.1 Å². The van der Waals surface area contributed by atoms with Crippen molar-refractivity contribution in [3.8, 4) is 17.2 Å². The lowest BCUT2D eigenvalue weighted by molar-refractivity contribution is 0.167. The number of ether oxygens (including phenoxy) is 2. The predicted molar refractivity (Wildman–Crippen MR) is 113 cm³/mol. The first-order valence-corrected chi connectivity index (χ1v) is 9.89. The van der Waals surface area contributed by atoms with Crippen LogP contribution in [0.3, 0.4) is 0 Å². The van der Waals surface area contributed by atoms with Crippen molar-refractivity contribution in [2.45, 2.75) is 19.9 Å². The molecule has 2 aliphatic rings. The van der Waals surface area contributed by atoms with Crippen molar-refractivity contribution < 1.29 is 14.3 Å². The summed E-state index contributed by atoms with van der Waals surface area (Å²) in [4.78, 5) is 21.3. The van der Waals surface area contributed by atoms with Gasteiger partial charge in [-0.1, -0.05) is 12.1 Å². The van der Waals surface area contributed by atoms with Crippen LogP contribution in [0.1, 0.15) is 19.4 Å². The van der Waals surface area contributed by atoms with E-state index in [1.165, 1.54) is 0 Å². The Kier molecular flexibility index (Phi) is 5.29. The van der Waals surface area contributed by atoms with Crippen LogP contribution in [0.2, 0.25) is 0 Å². The average molecular weight is 394 g/mol. The Morgan fingerprint density at radius 1 is 1.10 bits per heavy atom. The monoisotopic (exact) mass is 394 g/mol. The second kappa shape index (κ2) is 8.03. The number of fused-ring (bicyclic) bond motifs is 2. The number of nitrogens with zero attached hydrogens (tertiary/aromatic N) is 3. The van der Waals surface area contributed by atoms with Gasteiger partial charge >= 0.3 is 6.03 Å². The zero-order valence-corrected chi connectivity index (χ0v) is 17.0. The lowest BCUT2D eigenvalue weighted by Gasteiger charge is -2.36. The summed E-state index contributed by atoms with van der Waals surface area (Å²) in [7, 11) is 1.65.